The minimum absolute atomic E-state index is 0.0859. The fourth-order valence-electron chi connectivity index (χ4n) is 2.66. The van der Waals surface area contributed by atoms with Gasteiger partial charge in [-0.05, 0) is 19.8 Å². The van der Waals surface area contributed by atoms with E-state index in [2.05, 4.69) is 48.3 Å². The Morgan fingerprint density at radius 2 is 2.05 bits per heavy atom. The van der Waals surface area contributed by atoms with Gasteiger partial charge in [0.1, 0.15) is 0 Å². The predicted molar refractivity (Wildman–Crippen MR) is 83.4 cm³/mol. The summed E-state index contributed by atoms with van der Waals surface area (Å²) in [5.41, 5.74) is 0.0859. The lowest BCUT2D eigenvalue weighted by Crippen LogP contribution is -2.45. The molecule has 0 saturated heterocycles. The van der Waals surface area contributed by atoms with Crippen LogP contribution in [0.3, 0.4) is 0 Å². The van der Waals surface area contributed by atoms with E-state index in [1.165, 1.54) is 0 Å². The molecule has 0 aromatic carbocycles. The molecule has 3 unspecified atom stereocenters. The summed E-state index contributed by atoms with van der Waals surface area (Å²) in [6.45, 7) is 10.8. The van der Waals surface area contributed by atoms with Crippen LogP contribution in [0.2, 0.25) is 0 Å². The number of aliphatic hydroxyl groups is 1. The van der Waals surface area contributed by atoms with E-state index in [1.807, 2.05) is 0 Å². The molecule has 20 heavy (non-hydrogen) atoms. The van der Waals surface area contributed by atoms with Crippen molar-refractivity contribution in [2.45, 2.75) is 52.2 Å². The van der Waals surface area contributed by atoms with Crippen molar-refractivity contribution in [2.75, 3.05) is 19.6 Å². The van der Waals surface area contributed by atoms with E-state index in [1.54, 1.807) is 0 Å². The largest absolute Gasteiger partial charge is 0.389 e. The normalized spacial score (nSPS) is 31.4. The number of nitrogens with one attached hydrogen (secondary N) is 2. The number of amidine groups is 2. The summed E-state index contributed by atoms with van der Waals surface area (Å²) in [6, 6.07) is 0. The maximum absolute atomic E-state index is 9.44. The summed E-state index contributed by atoms with van der Waals surface area (Å²) >= 11 is 0. The lowest BCUT2D eigenvalue weighted by molar-refractivity contribution is 0.180. The SMILES string of the molecule is CC(C)C1=NCC(C)(CCC(C)C2=NCC(O)CN2)N1. The van der Waals surface area contributed by atoms with Crippen molar-refractivity contribution in [3.8, 4) is 0 Å². The summed E-state index contributed by atoms with van der Waals surface area (Å²) in [7, 11) is 0. The summed E-state index contributed by atoms with van der Waals surface area (Å²) in [4.78, 5) is 9.04. The van der Waals surface area contributed by atoms with Crippen molar-refractivity contribution in [3.63, 3.8) is 0 Å². The third-order valence-corrected chi connectivity index (χ3v) is 4.16. The van der Waals surface area contributed by atoms with Crippen molar-refractivity contribution in [1.29, 1.82) is 0 Å². The van der Waals surface area contributed by atoms with Crippen LogP contribution in [0.25, 0.3) is 0 Å². The first kappa shape index (κ1) is 15.3. The Bertz CT molecular complexity index is 405. The lowest BCUT2D eigenvalue weighted by atomic mass is 9.91. The maximum atomic E-state index is 9.44. The van der Waals surface area contributed by atoms with E-state index in [-0.39, 0.29) is 11.6 Å². The van der Waals surface area contributed by atoms with Crippen LogP contribution in [0.1, 0.15) is 40.5 Å². The van der Waals surface area contributed by atoms with Crippen LogP contribution < -0.4 is 10.6 Å². The quantitative estimate of drug-likeness (QED) is 0.708. The van der Waals surface area contributed by atoms with Gasteiger partial charge < -0.3 is 15.7 Å². The van der Waals surface area contributed by atoms with Crippen molar-refractivity contribution in [1.82, 2.24) is 10.6 Å². The van der Waals surface area contributed by atoms with E-state index in [0.29, 0.717) is 24.9 Å². The van der Waals surface area contributed by atoms with Gasteiger partial charge in [0.2, 0.25) is 0 Å². The molecule has 0 fully saturated rings. The average molecular weight is 280 g/mol. The molecule has 2 heterocycles. The molecular formula is C15H28N4O. The van der Waals surface area contributed by atoms with E-state index < -0.39 is 0 Å². The first-order valence-corrected chi connectivity index (χ1v) is 7.68. The van der Waals surface area contributed by atoms with Crippen LogP contribution in [0, 0.1) is 11.8 Å². The van der Waals surface area contributed by atoms with Crippen LogP contribution in [-0.2, 0) is 0 Å². The molecule has 0 spiro atoms. The number of hydrogen-bond acceptors (Lipinski definition) is 5. The molecule has 0 radical (unpaired) electrons. The first-order valence-electron chi connectivity index (χ1n) is 7.68. The molecule has 2 aliphatic rings. The lowest BCUT2D eigenvalue weighted by Gasteiger charge is -2.29. The Labute approximate surface area is 122 Å². The molecule has 0 saturated carbocycles. The molecule has 3 N–H and O–H groups in total. The van der Waals surface area contributed by atoms with Gasteiger partial charge in [0.25, 0.3) is 0 Å². The Kier molecular flexibility index (Phi) is 4.68. The zero-order chi connectivity index (χ0) is 14.8. The molecule has 114 valence electrons. The minimum Gasteiger partial charge on any atom is -0.389 e. The van der Waals surface area contributed by atoms with Gasteiger partial charge in [0.15, 0.2) is 0 Å². The van der Waals surface area contributed by atoms with Gasteiger partial charge in [-0.1, -0.05) is 20.8 Å². The monoisotopic (exact) mass is 280 g/mol. The molecule has 5 nitrogen and oxygen atoms in total. The third-order valence-electron chi connectivity index (χ3n) is 4.16. The van der Waals surface area contributed by atoms with E-state index in [9.17, 15) is 5.11 Å². The highest BCUT2D eigenvalue weighted by atomic mass is 16.3. The van der Waals surface area contributed by atoms with E-state index in [0.717, 1.165) is 31.1 Å². The third kappa shape index (κ3) is 3.72. The second kappa shape index (κ2) is 6.12. The zero-order valence-corrected chi connectivity index (χ0v) is 13.1. The van der Waals surface area contributed by atoms with E-state index >= 15 is 0 Å². The number of β-amino-alcohol motifs (C(OH)–C–C–N with tert-alkyl or cyclic N) is 1. The summed E-state index contributed by atoms with van der Waals surface area (Å²) in [6.07, 6.45) is 1.82. The summed E-state index contributed by atoms with van der Waals surface area (Å²) < 4.78 is 0. The maximum Gasteiger partial charge on any atom is 0.0994 e. The average Bonchev–Trinajstić information content (AvgIpc) is 2.80. The molecule has 5 heteroatoms. The van der Waals surface area contributed by atoms with Crippen LogP contribution in [0.15, 0.2) is 9.98 Å². The van der Waals surface area contributed by atoms with Gasteiger partial charge in [-0.15, -0.1) is 0 Å². The molecule has 2 rings (SSSR count). The molecule has 0 aliphatic carbocycles. The Morgan fingerprint density at radius 3 is 2.60 bits per heavy atom. The summed E-state index contributed by atoms with van der Waals surface area (Å²) in [5.74, 6) is 3.06. The van der Waals surface area contributed by atoms with Gasteiger partial charge in [0.05, 0.1) is 36.4 Å². The van der Waals surface area contributed by atoms with Gasteiger partial charge in [-0.3, -0.25) is 9.98 Å². The molecule has 0 amide bonds. The number of aliphatic hydroxyl groups excluding tert-OH is 1. The Hall–Kier alpha value is -1.10. The number of rotatable bonds is 5. The van der Waals surface area contributed by atoms with Gasteiger partial charge in [-0.2, -0.15) is 0 Å². The van der Waals surface area contributed by atoms with Gasteiger partial charge in [0, 0.05) is 18.4 Å². The topological polar surface area (TPSA) is 69.0 Å². The highest BCUT2D eigenvalue weighted by molar-refractivity contribution is 5.86. The standard InChI is InChI=1S/C15H28N4O/c1-10(2)13-18-9-15(4,19-13)6-5-11(3)14-16-7-12(20)8-17-14/h10-12,20H,5-9H2,1-4H3,(H,16,17)(H,18,19). The smallest absolute Gasteiger partial charge is 0.0994 e. The molecular weight excluding hydrogens is 252 g/mol. The van der Waals surface area contributed by atoms with Crippen LogP contribution in [-0.4, -0.2) is 48.1 Å². The molecule has 0 aromatic rings. The highest BCUT2D eigenvalue weighted by Gasteiger charge is 2.31. The number of hydrogen-bond donors (Lipinski definition) is 3. The van der Waals surface area contributed by atoms with Crippen molar-refractivity contribution < 1.29 is 5.11 Å². The zero-order valence-electron chi connectivity index (χ0n) is 13.1. The summed E-state index contributed by atoms with van der Waals surface area (Å²) in [5, 5.41) is 16.3. The van der Waals surface area contributed by atoms with Crippen molar-refractivity contribution >= 4 is 11.7 Å². The number of nitrogens with zero attached hydrogens (tertiary/aromatic N) is 2. The van der Waals surface area contributed by atoms with Crippen LogP contribution in [0.5, 0.6) is 0 Å². The molecule has 0 aromatic heterocycles. The van der Waals surface area contributed by atoms with E-state index in [4.69, 9.17) is 0 Å². The van der Waals surface area contributed by atoms with Crippen LogP contribution >= 0.6 is 0 Å². The molecule has 2 aliphatic heterocycles. The van der Waals surface area contributed by atoms with Gasteiger partial charge >= 0.3 is 0 Å². The van der Waals surface area contributed by atoms with Crippen molar-refractivity contribution in [2.24, 2.45) is 21.8 Å². The molecule has 0 bridgehead atoms. The fourth-order valence-corrected chi connectivity index (χ4v) is 2.66. The fraction of sp³-hybridized carbons (Fsp3) is 0.867. The Morgan fingerprint density at radius 1 is 1.30 bits per heavy atom. The first-order chi connectivity index (χ1) is 9.39. The van der Waals surface area contributed by atoms with Crippen LogP contribution in [0.4, 0.5) is 0 Å². The minimum atomic E-state index is -0.332. The van der Waals surface area contributed by atoms with Gasteiger partial charge in [-0.25, -0.2) is 0 Å². The Balaban J connectivity index is 1.81. The molecule has 3 atom stereocenters. The van der Waals surface area contributed by atoms with Crippen molar-refractivity contribution in [3.05, 3.63) is 0 Å². The second-order valence-electron chi connectivity index (χ2n) is 6.74. The second-order valence-corrected chi connectivity index (χ2v) is 6.74. The number of aliphatic imine (C=N–C) groups is 2. The predicted octanol–water partition coefficient (Wildman–Crippen LogP) is 1.18. The highest BCUT2D eigenvalue weighted by Crippen LogP contribution is 2.23.